The molecular formula is C14H15FN2O2. The number of aliphatic hydroxyl groups excluding tert-OH is 1. The third-order valence-electron chi connectivity index (χ3n) is 2.47. The highest BCUT2D eigenvalue weighted by atomic mass is 19.1. The Morgan fingerprint density at radius 1 is 1.32 bits per heavy atom. The molecule has 0 fully saturated rings. The Bertz CT molecular complexity index is 561. The van der Waals surface area contributed by atoms with E-state index < -0.39 is 11.9 Å². The van der Waals surface area contributed by atoms with E-state index in [-0.39, 0.29) is 11.8 Å². The second-order valence-corrected chi connectivity index (χ2v) is 4.39. The molecule has 0 saturated carbocycles. The van der Waals surface area contributed by atoms with Crippen LogP contribution in [0.3, 0.4) is 0 Å². The molecule has 4 nitrogen and oxygen atoms in total. The minimum Gasteiger partial charge on any atom is -0.489 e. The van der Waals surface area contributed by atoms with Gasteiger partial charge in [0.2, 0.25) is 0 Å². The van der Waals surface area contributed by atoms with Crippen molar-refractivity contribution in [2.24, 2.45) is 0 Å². The molecule has 1 atom stereocenters. The highest BCUT2D eigenvalue weighted by Crippen LogP contribution is 2.24. The van der Waals surface area contributed by atoms with E-state index in [1.807, 2.05) is 13.8 Å². The van der Waals surface area contributed by atoms with Gasteiger partial charge in [-0.05, 0) is 32.0 Å². The lowest BCUT2D eigenvalue weighted by Gasteiger charge is -2.13. The third-order valence-corrected chi connectivity index (χ3v) is 2.47. The van der Waals surface area contributed by atoms with Crippen molar-refractivity contribution in [1.82, 2.24) is 9.97 Å². The van der Waals surface area contributed by atoms with Crippen molar-refractivity contribution in [3.8, 4) is 5.75 Å². The number of pyridine rings is 2. The first-order valence-electron chi connectivity index (χ1n) is 5.98. The molecule has 0 radical (unpaired) electrons. The van der Waals surface area contributed by atoms with Gasteiger partial charge >= 0.3 is 0 Å². The fraction of sp³-hybridized carbons (Fsp3) is 0.286. The van der Waals surface area contributed by atoms with Crippen molar-refractivity contribution in [2.75, 3.05) is 0 Å². The van der Waals surface area contributed by atoms with Crippen molar-refractivity contribution in [1.29, 1.82) is 0 Å². The molecule has 1 N–H and O–H groups in total. The van der Waals surface area contributed by atoms with E-state index in [0.29, 0.717) is 11.3 Å². The van der Waals surface area contributed by atoms with Crippen molar-refractivity contribution in [3.63, 3.8) is 0 Å². The standard InChI is InChI=1S/C14H15FN2O2/c1-9(2)19-11-6-10(7-16-8-11)14(18)13-12(15)4-3-5-17-13/h3-9,14,18H,1-2H3. The van der Waals surface area contributed by atoms with Crippen LogP contribution in [0.5, 0.6) is 5.75 Å². The Kier molecular flexibility index (Phi) is 4.06. The van der Waals surface area contributed by atoms with Crippen LogP contribution in [-0.4, -0.2) is 21.2 Å². The average Bonchev–Trinajstić information content (AvgIpc) is 2.38. The summed E-state index contributed by atoms with van der Waals surface area (Å²) in [7, 11) is 0. The number of ether oxygens (including phenoxy) is 1. The monoisotopic (exact) mass is 262 g/mol. The number of halogens is 1. The number of hydrogen-bond donors (Lipinski definition) is 1. The zero-order valence-electron chi connectivity index (χ0n) is 10.7. The summed E-state index contributed by atoms with van der Waals surface area (Å²) in [6, 6.07) is 4.36. The third kappa shape index (κ3) is 3.26. The second-order valence-electron chi connectivity index (χ2n) is 4.39. The fourth-order valence-electron chi connectivity index (χ4n) is 1.68. The fourth-order valence-corrected chi connectivity index (χ4v) is 1.68. The molecule has 0 aliphatic rings. The summed E-state index contributed by atoms with van der Waals surface area (Å²) >= 11 is 0. The second kappa shape index (κ2) is 5.75. The summed E-state index contributed by atoms with van der Waals surface area (Å²) in [6.07, 6.45) is 3.28. The maximum Gasteiger partial charge on any atom is 0.147 e. The molecule has 1 unspecified atom stereocenters. The van der Waals surface area contributed by atoms with Crippen molar-refractivity contribution in [3.05, 3.63) is 53.9 Å². The molecule has 0 saturated heterocycles. The molecule has 0 bridgehead atoms. The summed E-state index contributed by atoms with van der Waals surface area (Å²) in [5, 5.41) is 10.1. The molecular weight excluding hydrogens is 247 g/mol. The van der Waals surface area contributed by atoms with Gasteiger partial charge in [0.15, 0.2) is 0 Å². The maximum atomic E-state index is 13.6. The van der Waals surface area contributed by atoms with Crippen LogP contribution < -0.4 is 4.74 Å². The Hall–Kier alpha value is -2.01. The predicted octanol–water partition coefficient (Wildman–Crippen LogP) is 2.48. The van der Waals surface area contributed by atoms with Crippen LogP contribution in [0.4, 0.5) is 4.39 Å². The highest BCUT2D eigenvalue weighted by molar-refractivity contribution is 5.30. The minimum atomic E-state index is -1.16. The number of aromatic nitrogens is 2. The van der Waals surface area contributed by atoms with Gasteiger partial charge in [-0.2, -0.15) is 0 Å². The lowest BCUT2D eigenvalue weighted by Crippen LogP contribution is -2.08. The van der Waals surface area contributed by atoms with Gasteiger partial charge in [-0.1, -0.05) is 0 Å². The molecule has 5 heteroatoms. The van der Waals surface area contributed by atoms with Crippen LogP contribution in [0.25, 0.3) is 0 Å². The first-order valence-corrected chi connectivity index (χ1v) is 5.98. The Morgan fingerprint density at radius 3 is 2.79 bits per heavy atom. The topological polar surface area (TPSA) is 55.2 Å². The Balaban J connectivity index is 2.29. The van der Waals surface area contributed by atoms with Gasteiger partial charge in [0, 0.05) is 18.0 Å². The quantitative estimate of drug-likeness (QED) is 0.919. The van der Waals surface area contributed by atoms with Gasteiger partial charge in [0.05, 0.1) is 12.3 Å². The first-order chi connectivity index (χ1) is 9.08. The number of hydrogen-bond acceptors (Lipinski definition) is 4. The molecule has 0 aliphatic carbocycles. The number of nitrogens with zero attached hydrogens (tertiary/aromatic N) is 2. The van der Waals surface area contributed by atoms with Gasteiger partial charge in [0.1, 0.15) is 23.4 Å². The van der Waals surface area contributed by atoms with Crippen LogP contribution in [-0.2, 0) is 0 Å². The van der Waals surface area contributed by atoms with Crippen LogP contribution >= 0.6 is 0 Å². The van der Waals surface area contributed by atoms with Crippen molar-refractivity contribution in [2.45, 2.75) is 26.1 Å². The van der Waals surface area contributed by atoms with Crippen molar-refractivity contribution < 1.29 is 14.2 Å². The summed E-state index contributed by atoms with van der Waals surface area (Å²) in [5.41, 5.74) is 0.418. The van der Waals surface area contributed by atoms with E-state index in [4.69, 9.17) is 4.74 Å². The van der Waals surface area contributed by atoms with Gasteiger partial charge in [-0.15, -0.1) is 0 Å². The van der Waals surface area contributed by atoms with Crippen LogP contribution in [0, 0.1) is 5.82 Å². The van der Waals surface area contributed by atoms with E-state index in [9.17, 15) is 9.50 Å². The molecule has 0 amide bonds. The minimum absolute atomic E-state index is 0.000722. The van der Waals surface area contributed by atoms with E-state index in [2.05, 4.69) is 9.97 Å². The van der Waals surface area contributed by atoms with Crippen molar-refractivity contribution >= 4 is 0 Å². The lowest BCUT2D eigenvalue weighted by atomic mass is 10.1. The maximum absolute atomic E-state index is 13.6. The SMILES string of the molecule is CC(C)Oc1cncc(C(O)c2ncccc2F)c1. The predicted molar refractivity (Wildman–Crippen MR) is 68.3 cm³/mol. The summed E-state index contributed by atoms with van der Waals surface area (Å²) in [4.78, 5) is 7.83. The Labute approximate surface area is 110 Å². The zero-order valence-corrected chi connectivity index (χ0v) is 10.7. The van der Waals surface area contributed by atoms with Crippen LogP contribution in [0.2, 0.25) is 0 Å². The van der Waals surface area contributed by atoms with E-state index >= 15 is 0 Å². The van der Waals surface area contributed by atoms with E-state index in [0.717, 1.165) is 0 Å². The average molecular weight is 262 g/mol. The molecule has 0 aromatic carbocycles. The number of rotatable bonds is 4. The zero-order chi connectivity index (χ0) is 13.8. The van der Waals surface area contributed by atoms with Gasteiger partial charge in [-0.25, -0.2) is 4.39 Å². The van der Waals surface area contributed by atoms with E-state index in [1.54, 1.807) is 12.3 Å². The van der Waals surface area contributed by atoms with E-state index in [1.165, 1.54) is 24.5 Å². The molecule has 19 heavy (non-hydrogen) atoms. The van der Waals surface area contributed by atoms with Gasteiger partial charge < -0.3 is 9.84 Å². The molecule has 2 rings (SSSR count). The smallest absolute Gasteiger partial charge is 0.147 e. The molecule has 2 heterocycles. The first kappa shape index (κ1) is 13.4. The lowest BCUT2D eigenvalue weighted by molar-refractivity contribution is 0.206. The molecule has 100 valence electrons. The number of aliphatic hydroxyl groups is 1. The molecule has 2 aromatic heterocycles. The summed E-state index contributed by atoms with van der Waals surface area (Å²) in [5.74, 6) is -0.0203. The summed E-state index contributed by atoms with van der Waals surface area (Å²) in [6.45, 7) is 3.78. The highest BCUT2D eigenvalue weighted by Gasteiger charge is 2.17. The van der Waals surface area contributed by atoms with Gasteiger partial charge in [-0.3, -0.25) is 9.97 Å². The molecule has 2 aromatic rings. The Morgan fingerprint density at radius 2 is 2.11 bits per heavy atom. The summed E-state index contributed by atoms with van der Waals surface area (Å²) < 4.78 is 19.0. The molecule has 0 spiro atoms. The molecule has 0 aliphatic heterocycles. The van der Waals surface area contributed by atoms with Crippen LogP contribution in [0.1, 0.15) is 31.2 Å². The van der Waals surface area contributed by atoms with Crippen LogP contribution in [0.15, 0.2) is 36.8 Å². The van der Waals surface area contributed by atoms with Gasteiger partial charge in [0.25, 0.3) is 0 Å². The normalized spacial score (nSPS) is 12.5. The largest absolute Gasteiger partial charge is 0.489 e.